The molecular formula is C20H28O3. The Hall–Kier alpha value is -0.670. The molecule has 0 amide bonds. The zero-order valence-corrected chi connectivity index (χ0v) is 14.2. The normalized spacial score (nSPS) is 47.9. The summed E-state index contributed by atoms with van der Waals surface area (Å²) in [6.45, 7) is 3.78. The highest BCUT2D eigenvalue weighted by molar-refractivity contribution is 5.87. The molecule has 0 bridgehead atoms. The van der Waals surface area contributed by atoms with Gasteiger partial charge in [-0.25, -0.2) is 0 Å². The highest BCUT2D eigenvalue weighted by Crippen LogP contribution is 2.61. The molecule has 0 aromatic heterocycles. The monoisotopic (exact) mass is 316 g/mol. The Morgan fingerprint density at radius 2 is 1.91 bits per heavy atom. The summed E-state index contributed by atoms with van der Waals surface area (Å²) in [6, 6.07) is 0. The van der Waals surface area contributed by atoms with Crippen LogP contribution in [-0.4, -0.2) is 24.8 Å². The SMILES string of the molecule is C[C@@]12CCC3C4CCC5(CC4=CCC3C1CCC2=O)OCCO5. The van der Waals surface area contributed by atoms with Crippen LogP contribution in [0, 0.1) is 29.1 Å². The van der Waals surface area contributed by atoms with Gasteiger partial charge in [-0.1, -0.05) is 18.6 Å². The number of hydrogen-bond acceptors (Lipinski definition) is 3. The lowest BCUT2D eigenvalue weighted by molar-refractivity contribution is -0.176. The number of allylic oxidation sites excluding steroid dienone is 1. The number of carbonyl (C=O) groups excluding carboxylic acids is 1. The number of hydrogen-bond donors (Lipinski definition) is 0. The van der Waals surface area contributed by atoms with Gasteiger partial charge in [0.15, 0.2) is 5.79 Å². The van der Waals surface area contributed by atoms with Crippen molar-refractivity contribution in [2.24, 2.45) is 29.1 Å². The van der Waals surface area contributed by atoms with Gasteiger partial charge in [-0.05, 0) is 55.8 Å². The molecule has 0 aromatic rings. The van der Waals surface area contributed by atoms with Gasteiger partial charge in [-0.15, -0.1) is 0 Å². The average molecular weight is 316 g/mol. The number of ether oxygens (including phenoxy) is 2. The van der Waals surface area contributed by atoms with Crippen molar-refractivity contribution in [2.45, 2.75) is 64.1 Å². The minimum atomic E-state index is -0.290. The molecule has 4 fully saturated rings. The van der Waals surface area contributed by atoms with Gasteiger partial charge < -0.3 is 9.47 Å². The molecule has 0 aromatic carbocycles. The van der Waals surface area contributed by atoms with Crippen LogP contribution in [0.5, 0.6) is 0 Å². The maximum atomic E-state index is 12.4. The molecule has 3 heteroatoms. The van der Waals surface area contributed by atoms with Crippen molar-refractivity contribution in [3.8, 4) is 0 Å². The fraction of sp³-hybridized carbons (Fsp3) is 0.850. The Labute approximate surface area is 138 Å². The van der Waals surface area contributed by atoms with E-state index in [4.69, 9.17) is 9.47 Å². The van der Waals surface area contributed by atoms with Crippen molar-refractivity contribution in [2.75, 3.05) is 13.2 Å². The molecule has 3 nitrogen and oxygen atoms in total. The Balaban J connectivity index is 1.42. The van der Waals surface area contributed by atoms with Crippen LogP contribution in [0.25, 0.3) is 0 Å². The summed E-state index contributed by atoms with van der Waals surface area (Å²) in [5.41, 5.74) is 1.60. The summed E-state index contributed by atoms with van der Waals surface area (Å²) in [6.07, 6.45) is 11.3. The van der Waals surface area contributed by atoms with Crippen molar-refractivity contribution in [3.05, 3.63) is 11.6 Å². The maximum Gasteiger partial charge on any atom is 0.172 e. The molecule has 1 aliphatic heterocycles. The minimum absolute atomic E-state index is 0.0000737. The van der Waals surface area contributed by atoms with E-state index in [1.165, 1.54) is 19.3 Å². The van der Waals surface area contributed by atoms with Gasteiger partial charge >= 0.3 is 0 Å². The molecule has 4 aliphatic carbocycles. The second-order valence-corrected chi connectivity index (χ2v) is 8.80. The Kier molecular flexibility index (Phi) is 3.13. The summed E-state index contributed by atoms with van der Waals surface area (Å²) in [5, 5.41) is 0. The zero-order chi connectivity index (χ0) is 15.7. The van der Waals surface area contributed by atoms with E-state index < -0.39 is 0 Å². The number of fused-ring (bicyclic) bond motifs is 5. The molecule has 0 N–H and O–H groups in total. The van der Waals surface area contributed by atoms with E-state index in [-0.39, 0.29) is 11.2 Å². The lowest BCUT2D eigenvalue weighted by atomic mass is 9.53. The topological polar surface area (TPSA) is 35.5 Å². The first-order chi connectivity index (χ1) is 11.1. The molecule has 5 atom stereocenters. The van der Waals surface area contributed by atoms with E-state index in [0.29, 0.717) is 11.7 Å². The summed E-state index contributed by atoms with van der Waals surface area (Å²) in [4.78, 5) is 12.4. The Morgan fingerprint density at radius 3 is 2.74 bits per heavy atom. The zero-order valence-electron chi connectivity index (χ0n) is 14.2. The van der Waals surface area contributed by atoms with E-state index >= 15 is 0 Å². The Bertz CT molecular complexity index is 559. The number of ketones is 1. The molecular weight excluding hydrogens is 288 g/mol. The lowest BCUT2D eigenvalue weighted by Crippen LogP contribution is -2.48. The van der Waals surface area contributed by atoms with Crippen LogP contribution in [0.3, 0.4) is 0 Å². The third kappa shape index (κ3) is 1.99. The smallest absolute Gasteiger partial charge is 0.172 e. The maximum absolute atomic E-state index is 12.4. The predicted octanol–water partition coefficient (Wildman–Crippen LogP) is 3.87. The highest BCUT2D eigenvalue weighted by Gasteiger charge is 2.56. The van der Waals surface area contributed by atoms with Crippen LogP contribution in [0.1, 0.15) is 58.3 Å². The first-order valence-electron chi connectivity index (χ1n) is 9.61. The molecule has 5 rings (SSSR count). The van der Waals surface area contributed by atoms with Gasteiger partial charge in [-0.2, -0.15) is 0 Å². The molecule has 126 valence electrons. The van der Waals surface area contributed by atoms with Crippen molar-refractivity contribution in [1.82, 2.24) is 0 Å². The first kappa shape index (κ1) is 14.7. The largest absolute Gasteiger partial charge is 0.347 e. The van der Waals surface area contributed by atoms with Gasteiger partial charge in [0, 0.05) is 24.7 Å². The lowest BCUT2D eigenvalue weighted by Gasteiger charge is -2.52. The van der Waals surface area contributed by atoms with E-state index in [0.717, 1.165) is 63.1 Å². The number of carbonyl (C=O) groups is 1. The summed E-state index contributed by atoms with van der Waals surface area (Å²) in [7, 11) is 0. The molecule has 1 spiro atoms. The second-order valence-electron chi connectivity index (χ2n) is 8.80. The van der Waals surface area contributed by atoms with Gasteiger partial charge in [0.2, 0.25) is 0 Å². The molecule has 4 unspecified atom stereocenters. The minimum Gasteiger partial charge on any atom is -0.347 e. The van der Waals surface area contributed by atoms with Crippen molar-refractivity contribution in [3.63, 3.8) is 0 Å². The van der Waals surface area contributed by atoms with E-state index in [1.807, 2.05) is 0 Å². The van der Waals surface area contributed by atoms with E-state index in [2.05, 4.69) is 13.0 Å². The van der Waals surface area contributed by atoms with Gasteiger partial charge in [0.05, 0.1) is 13.2 Å². The van der Waals surface area contributed by atoms with Crippen LogP contribution >= 0.6 is 0 Å². The van der Waals surface area contributed by atoms with Crippen molar-refractivity contribution >= 4 is 5.78 Å². The fourth-order valence-electron chi connectivity index (χ4n) is 6.76. The average Bonchev–Trinajstić information content (AvgIpc) is 3.12. The van der Waals surface area contributed by atoms with Gasteiger partial charge in [0.1, 0.15) is 5.78 Å². The van der Waals surface area contributed by atoms with Crippen LogP contribution in [-0.2, 0) is 14.3 Å². The molecule has 3 saturated carbocycles. The van der Waals surface area contributed by atoms with E-state index in [9.17, 15) is 4.79 Å². The Morgan fingerprint density at radius 1 is 1.09 bits per heavy atom. The molecule has 1 heterocycles. The summed E-state index contributed by atoms with van der Waals surface area (Å²) < 4.78 is 11.9. The second kappa shape index (κ2) is 4.92. The van der Waals surface area contributed by atoms with Crippen LogP contribution in [0.4, 0.5) is 0 Å². The van der Waals surface area contributed by atoms with Crippen LogP contribution < -0.4 is 0 Å². The quantitative estimate of drug-likeness (QED) is 0.636. The summed E-state index contributed by atoms with van der Waals surface area (Å²) >= 11 is 0. The molecule has 5 aliphatic rings. The predicted molar refractivity (Wildman–Crippen MR) is 86.7 cm³/mol. The van der Waals surface area contributed by atoms with Crippen molar-refractivity contribution < 1.29 is 14.3 Å². The number of rotatable bonds is 0. The van der Waals surface area contributed by atoms with Crippen LogP contribution in [0.15, 0.2) is 11.6 Å². The van der Waals surface area contributed by atoms with Gasteiger partial charge in [0.25, 0.3) is 0 Å². The van der Waals surface area contributed by atoms with E-state index in [1.54, 1.807) is 5.57 Å². The third-order valence-electron chi connectivity index (χ3n) is 7.97. The molecule has 0 radical (unpaired) electrons. The summed E-state index contributed by atoms with van der Waals surface area (Å²) in [5.74, 6) is 3.17. The standard InChI is InChI=1S/C20H28O3/c1-19-8-6-15-14-7-9-20(22-10-11-23-20)12-13(14)2-3-16(15)17(19)4-5-18(19)21/h2,14-17H,3-12H2,1H3/t14?,15?,16?,17?,19-/m1/s1. The van der Waals surface area contributed by atoms with Crippen molar-refractivity contribution in [1.29, 1.82) is 0 Å². The fourth-order valence-corrected chi connectivity index (χ4v) is 6.76. The molecule has 23 heavy (non-hydrogen) atoms. The highest BCUT2D eigenvalue weighted by atomic mass is 16.7. The molecule has 1 saturated heterocycles. The first-order valence-corrected chi connectivity index (χ1v) is 9.61. The van der Waals surface area contributed by atoms with Crippen LogP contribution in [0.2, 0.25) is 0 Å². The third-order valence-corrected chi connectivity index (χ3v) is 7.97. The number of Topliss-reactive ketones (excluding diaryl/α,β-unsaturated/α-hetero) is 1. The van der Waals surface area contributed by atoms with Gasteiger partial charge in [-0.3, -0.25) is 4.79 Å².